The van der Waals surface area contributed by atoms with Crippen LogP contribution in [0.3, 0.4) is 0 Å². The Kier molecular flexibility index (Phi) is 6.03. The molecule has 0 spiro atoms. The largest absolute Gasteiger partial charge is 0.507 e. The summed E-state index contributed by atoms with van der Waals surface area (Å²) in [5.41, 5.74) is 0.128. The van der Waals surface area contributed by atoms with Gasteiger partial charge in [0.05, 0.1) is 11.6 Å². The van der Waals surface area contributed by atoms with Crippen LogP contribution in [0.15, 0.2) is 24.3 Å². The molecule has 0 aromatic heterocycles. The lowest BCUT2D eigenvalue weighted by Crippen LogP contribution is -2.41. The molecule has 20 heavy (non-hydrogen) atoms. The van der Waals surface area contributed by atoms with Crippen LogP contribution in [0.1, 0.15) is 50.4 Å². The normalized spacial score (nSPS) is 11.8. The lowest BCUT2D eigenvalue weighted by atomic mass is 10.1. The average Bonchev–Trinajstić information content (AvgIpc) is 2.42. The van der Waals surface area contributed by atoms with Crippen molar-refractivity contribution in [1.29, 1.82) is 0 Å². The summed E-state index contributed by atoms with van der Waals surface area (Å²) in [5.74, 6) is -1.18. The first-order valence-corrected chi connectivity index (χ1v) is 6.81. The van der Waals surface area contributed by atoms with Gasteiger partial charge in [0.2, 0.25) is 0 Å². The minimum Gasteiger partial charge on any atom is -0.507 e. The van der Waals surface area contributed by atoms with Gasteiger partial charge in [0.1, 0.15) is 5.75 Å². The van der Waals surface area contributed by atoms with Gasteiger partial charge in [-0.2, -0.15) is 5.06 Å². The van der Waals surface area contributed by atoms with Crippen molar-refractivity contribution in [3.8, 4) is 5.75 Å². The second-order valence-electron chi connectivity index (χ2n) is 4.58. The van der Waals surface area contributed by atoms with Gasteiger partial charge in [-0.05, 0) is 25.0 Å². The van der Waals surface area contributed by atoms with Gasteiger partial charge in [0.25, 0.3) is 5.91 Å². The highest BCUT2D eigenvalue weighted by Gasteiger charge is 2.27. The summed E-state index contributed by atoms with van der Waals surface area (Å²) in [6.07, 6.45) is 2.26. The van der Waals surface area contributed by atoms with Crippen molar-refractivity contribution in [2.24, 2.45) is 0 Å². The van der Waals surface area contributed by atoms with Gasteiger partial charge in [0, 0.05) is 6.92 Å². The Labute approximate surface area is 119 Å². The van der Waals surface area contributed by atoms with E-state index < -0.39 is 11.9 Å². The summed E-state index contributed by atoms with van der Waals surface area (Å²) >= 11 is 0. The monoisotopic (exact) mass is 279 g/mol. The summed E-state index contributed by atoms with van der Waals surface area (Å²) in [6.45, 7) is 5.18. The molecular weight excluding hydrogens is 258 g/mol. The fourth-order valence-electron chi connectivity index (χ4n) is 2.01. The number of phenolic OH excluding ortho intramolecular Hbond substituents is 1. The molecule has 0 fully saturated rings. The zero-order valence-electron chi connectivity index (χ0n) is 12.1. The number of aromatic hydroxyl groups is 1. The number of rotatable bonds is 5. The van der Waals surface area contributed by atoms with Crippen LogP contribution in [-0.4, -0.2) is 28.1 Å². The van der Waals surface area contributed by atoms with Crippen molar-refractivity contribution in [3.63, 3.8) is 0 Å². The number of carbonyl (C=O) groups is 2. The van der Waals surface area contributed by atoms with Crippen molar-refractivity contribution in [3.05, 3.63) is 29.8 Å². The summed E-state index contributed by atoms with van der Waals surface area (Å²) in [4.78, 5) is 28.7. The standard InChI is InChI=1S/C15H21NO4/c1-4-8-12(5-2)16(20-11(3)17)15(19)13-9-6-7-10-14(13)18/h6-7,9-10,12,18H,4-5,8H2,1-3H3. The maximum Gasteiger partial charge on any atom is 0.329 e. The summed E-state index contributed by atoms with van der Waals surface area (Å²) in [5, 5.41) is 10.8. The maximum atomic E-state index is 12.5. The first-order chi connectivity index (χ1) is 9.51. The fourth-order valence-corrected chi connectivity index (χ4v) is 2.01. The summed E-state index contributed by atoms with van der Waals surface area (Å²) in [7, 11) is 0. The first-order valence-electron chi connectivity index (χ1n) is 6.81. The lowest BCUT2D eigenvalue weighted by Gasteiger charge is -2.28. The van der Waals surface area contributed by atoms with E-state index in [1.54, 1.807) is 12.1 Å². The third kappa shape index (κ3) is 3.98. The minimum absolute atomic E-state index is 0.124. The molecule has 1 aromatic carbocycles. The molecule has 0 aliphatic rings. The highest BCUT2D eigenvalue weighted by molar-refractivity contribution is 5.96. The average molecular weight is 279 g/mol. The maximum absolute atomic E-state index is 12.5. The number of benzene rings is 1. The number of hydrogen-bond acceptors (Lipinski definition) is 4. The Morgan fingerprint density at radius 3 is 2.45 bits per heavy atom. The van der Waals surface area contributed by atoms with Crippen molar-refractivity contribution in [1.82, 2.24) is 5.06 Å². The third-order valence-electron chi connectivity index (χ3n) is 2.99. The number of para-hydroxylation sites is 1. The number of carbonyl (C=O) groups excluding carboxylic acids is 2. The van der Waals surface area contributed by atoms with Crippen LogP contribution in [0.4, 0.5) is 0 Å². The van der Waals surface area contributed by atoms with Gasteiger partial charge in [-0.3, -0.25) is 9.59 Å². The number of nitrogens with zero attached hydrogens (tertiary/aromatic N) is 1. The molecule has 0 aliphatic carbocycles. The highest BCUT2D eigenvalue weighted by Crippen LogP contribution is 2.21. The van der Waals surface area contributed by atoms with E-state index in [1.165, 1.54) is 19.1 Å². The predicted octanol–water partition coefficient (Wildman–Crippen LogP) is 2.89. The Balaban J connectivity index is 3.06. The molecule has 0 radical (unpaired) electrons. The number of hydrogen-bond donors (Lipinski definition) is 1. The third-order valence-corrected chi connectivity index (χ3v) is 2.99. The number of amides is 1. The van der Waals surface area contributed by atoms with Crippen LogP contribution in [0, 0.1) is 0 Å². The molecule has 1 amide bonds. The van der Waals surface area contributed by atoms with Gasteiger partial charge in [-0.25, -0.2) is 0 Å². The van der Waals surface area contributed by atoms with Crippen LogP contribution in [0.5, 0.6) is 5.75 Å². The lowest BCUT2D eigenvalue weighted by molar-refractivity contribution is -0.184. The molecule has 1 atom stereocenters. The molecule has 0 saturated carbocycles. The number of hydroxylamine groups is 2. The molecule has 0 bridgehead atoms. The molecule has 0 heterocycles. The second kappa shape index (κ2) is 7.53. The zero-order chi connectivity index (χ0) is 15.1. The zero-order valence-corrected chi connectivity index (χ0v) is 12.1. The highest BCUT2D eigenvalue weighted by atomic mass is 16.7. The van der Waals surface area contributed by atoms with E-state index in [9.17, 15) is 14.7 Å². The smallest absolute Gasteiger partial charge is 0.329 e. The van der Waals surface area contributed by atoms with E-state index in [2.05, 4.69) is 0 Å². The molecule has 1 unspecified atom stereocenters. The summed E-state index contributed by atoms with van der Waals surface area (Å²) < 4.78 is 0. The van der Waals surface area contributed by atoms with Crippen molar-refractivity contribution in [2.45, 2.75) is 46.1 Å². The number of phenols is 1. The van der Waals surface area contributed by atoms with Crippen LogP contribution < -0.4 is 0 Å². The van der Waals surface area contributed by atoms with Crippen molar-refractivity contribution < 1.29 is 19.5 Å². The van der Waals surface area contributed by atoms with E-state index in [1.807, 2.05) is 13.8 Å². The molecule has 0 saturated heterocycles. The van der Waals surface area contributed by atoms with E-state index in [4.69, 9.17) is 4.84 Å². The molecule has 0 aliphatic heterocycles. The van der Waals surface area contributed by atoms with Crippen LogP contribution in [0.2, 0.25) is 0 Å². The summed E-state index contributed by atoms with van der Waals surface area (Å²) in [6, 6.07) is 6.02. The van der Waals surface area contributed by atoms with Gasteiger partial charge in [-0.15, -0.1) is 0 Å². The Morgan fingerprint density at radius 1 is 1.30 bits per heavy atom. The SMILES string of the molecule is CCCC(CC)N(OC(C)=O)C(=O)c1ccccc1O. The van der Waals surface area contributed by atoms with Crippen LogP contribution in [0.25, 0.3) is 0 Å². The molecule has 5 nitrogen and oxygen atoms in total. The van der Waals surface area contributed by atoms with Crippen LogP contribution >= 0.6 is 0 Å². The Morgan fingerprint density at radius 2 is 1.95 bits per heavy atom. The van der Waals surface area contributed by atoms with Crippen molar-refractivity contribution >= 4 is 11.9 Å². The van der Waals surface area contributed by atoms with E-state index >= 15 is 0 Å². The first kappa shape index (κ1) is 16.0. The predicted molar refractivity (Wildman–Crippen MR) is 75.0 cm³/mol. The molecular formula is C15H21NO4. The molecule has 1 aromatic rings. The molecule has 110 valence electrons. The van der Waals surface area contributed by atoms with E-state index in [0.717, 1.165) is 17.9 Å². The Hall–Kier alpha value is -2.04. The van der Waals surface area contributed by atoms with Gasteiger partial charge in [0.15, 0.2) is 0 Å². The van der Waals surface area contributed by atoms with Crippen LogP contribution in [-0.2, 0) is 9.63 Å². The van der Waals surface area contributed by atoms with Gasteiger partial charge >= 0.3 is 5.97 Å². The molecule has 1 rings (SSSR count). The molecule has 5 heteroatoms. The second-order valence-corrected chi connectivity index (χ2v) is 4.58. The van der Waals surface area contributed by atoms with E-state index in [0.29, 0.717) is 6.42 Å². The fraction of sp³-hybridized carbons (Fsp3) is 0.467. The van der Waals surface area contributed by atoms with Crippen molar-refractivity contribution in [2.75, 3.05) is 0 Å². The van der Waals surface area contributed by atoms with E-state index in [-0.39, 0.29) is 17.4 Å². The molecule has 1 N–H and O–H groups in total. The topological polar surface area (TPSA) is 66.8 Å². The minimum atomic E-state index is -0.552. The quantitative estimate of drug-likeness (QED) is 0.842. The van der Waals surface area contributed by atoms with Gasteiger partial charge in [-0.1, -0.05) is 32.4 Å². The Bertz CT molecular complexity index is 473. The van der Waals surface area contributed by atoms with Gasteiger partial charge < -0.3 is 9.94 Å².